The minimum Gasteiger partial charge on any atom is -0.378 e. The minimum atomic E-state index is -0.136. The Morgan fingerprint density at radius 1 is 1.17 bits per heavy atom. The number of carbonyl (C=O) groups is 1. The van der Waals surface area contributed by atoms with Gasteiger partial charge >= 0.3 is 0 Å². The predicted molar refractivity (Wildman–Crippen MR) is 100 cm³/mol. The van der Waals surface area contributed by atoms with Crippen LogP contribution in [0.15, 0.2) is 54.7 Å². The highest BCUT2D eigenvalue weighted by Gasteiger charge is 2.09. The third-order valence-corrected chi connectivity index (χ3v) is 4.55. The standard InChI is InChI=1S/C18H16ClN3OS/c1-12-7-8-15(22-17(23)13-5-3-2-4-6-13)16(9-12)20-10-14-11-21-18(19)24-14/h2-9,11,20H,10H2,1H3,(H,22,23). The van der Waals surface area contributed by atoms with Crippen LogP contribution in [-0.4, -0.2) is 10.9 Å². The summed E-state index contributed by atoms with van der Waals surface area (Å²) in [6, 6.07) is 15.0. The van der Waals surface area contributed by atoms with E-state index in [9.17, 15) is 4.79 Å². The molecule has 0 aliphatic rings. The molecule has 0 radical (unpaired) electrons. The number of carbonyl (C=O) groups excluding carboxylic acids is 1. The van der Waals surface area contributed by atoms with Crippen molar-refractivity contribution >= 4 is 40.2 Å². The van der Waals surface area contributed by atoms with Gasteiger partial charge in [-0.3, -0.25) is 4.79 Å². The Labute approximate surface area is 149 Å². The lowest BCUT2D eigenvalue weighted by Gasteiger charge is -2.13. The summed E-state index contributed by atoms with van der Waals surface area (Å²) in [6.07, 6.45) is 1.75. The number of amides is 1. The number of rotatable bonds is 5. The summed E-state index contributed by atoms with van der Waals surface area (Å²) in [5.41, 5.74) is 3.34. The van der Waals surface area contributed by atoms with Crippen LogP contribution in [0, 0.1) is 6.92 Å². The molecule has 122 valence electrons. The Morgan fingerprint density at radius 2 is 1.96 bits per heavy atom. The van der Waals surface area contributed by atoms with Gasteiger partial charge in [-0.1, -0.05) is 35.9 Å². The Hall–Kier alpha value is -2.37. The summed E-state index contributed by atoms with van der Waals surface area (Å²) in [4.78, 5) is 17.4. The molecule has 1 amide bonds. The van der Waals surface area contributed by atoms with Crippen LogP contribution in [0.4, 0.5) is 11.4 Å². The average Bonchev–Trinajstić information content (AvgIpc) is 3.01. The third kappa shape index (κ3) is 4.13. The molecule has 0 spiro atoms. The van der Waals surface area contributed by atoms with Crippen LogP contribution in [-0.2, 0) is 6.54 Å². The van der Waals surface area contributed by atoms with Gasteiger partial charge in [0.2, 0.25) is 0 Å². The van der Waals surface area contributed by atoms with Crippen LogP contribution < -0.4 is 10.6 Å². The van der Waals surface area contributed by atoms with Crippen molar-refractivity contribution in [1.82, 2.24) is 4.98 Å². The Bertz CT molecular complexity index is 848. The number of hydrogen-bond donors (Lipinski definition) is 2. The maximum absolute atomic E-state index is 12.4. The zero-order valence-electron chi connectivity index (χ0n) is 13.0. The fraction of sp³-hybridized carbons (Fsp3) is 0.111. The van der Waals surface area contributed by atoms with E-state index < -0.39 is 0 Å². The molecule has 4 nitrogen and oxygen atoms in total. The molecule has 3 rings (SSSR count). The molecule has 2 N–H and O–H groups in total. The number of aryl methyl sites for hydroxylation is 1. The van der Waals surface area contributed by atoms with Gasteiger partial charge in [0.05, 0.1) is 17.9 Å². The molecule has 0 saturated carbocycles. The van der Waals surface area contributed by atoms with Crippen molar-refractivity contribution in [2.45, 2.75) is 13.5 Å². The van der Waals surface area contributed by atoms with Crippen molar-refractivity contribution in [3.8, 4) is 0 Å². The number of benzene rings is 2. The highest BCUT2D eigenvalue weighted by molar-refractivity contribution is 7.15. The topological polar surface area (TPSA) is 54.0 Å². The van der Waals surface area contributed by atoms with Crippen LogP contribution in [0.5, 0.6) is 0 Å². The Balaban J connectivity index is 1.76. The zero-order valence-corrected chi connectivity index (χ0v) is 14.6. The molecular formula is C18H16ClN3OS. The number of hydrogen-bond acceptors (Lipinski definition) is 4. The summed E-state index contributed by atoms with van der Waals surface area (Å²) in [7, 11) is 0. The molecule has 0 aliphatic heterocycles. The summed E-state index contributed by atoms with van der Waals surface area (Å²) in [5, 5.41) is 6.29. The second-order valence-corrected chi connectivity index (χ2v) is 7.00. The molecule has 1 aromatic heterocycles. The van der Waals surface area contributed by atoms with Gasteiger partial charge in [-0.15, -0.1) is 11.3 Å². The first-order valence-corrected chi connectivity index (χ1v) is 8.62. The van der Waals surface area contributed by atoms with E-state index >= 15 is 0 Å². The van der Waals surface area contributed by atoms with Crippen LogP contribution in [0.1, 0.15) is 20.8 Å². The van der Waals surface area contributed by atoms with E-state index in [2.05, 4.69) is 15.6 Å². The van der Waals surface area contributed by atoms with Crippen LogP contribution in [0.25, 0.3) is 0 Å². The summed E-state index contributed by atoms with van der Waals surface area (Å²) in [5.74, 6) is -0.136. The molecule has 0 unspecified atom stereocenters. The van der Waals surface area contributed by atoms with Crippen molar-refractivity contribution in [1.29, 1.82) is 0 Å². The van der Waals surface area contributed by atoms with E-state index in [1.165, 1.54) is 11.3 Å². The number of thiazole rings is 1. The molecule has 6 heteroatoms. The minimum absolute atomic E-state index is 0.136. The zero-order chi connectivity index (χ0) is 16.9. The van der Waals surface area contributed by atoms with E-state index in [0.717, 1.165) is 21.8 Å². The molecule has 0 fully saturated rings. The van der Waals surface area contributed by atoms with Crippen LogP contribution in [0.2, 0.25) is 4.47 Å². The number of aromatic nitrogens is 1. The smallest absolute Gasteiger partial charge is 0.255 e. The van der Waals surface area contributed by atoms with E-state index in [1.54, 1.807) is 18.3 Å². The van der Waals surface area contributed by atoms with Gasteiger partial charge in [-0.25, -0.2) is 4.98 Å². The maximum atomic E-state index is 12.4. The van der Waals surface area contributed by atoms with Gasteiger partial charge in [-0.2, -0.15) is 0 Å². The average molecular weight is 358 g/mol. The van der Waals surface area contributed by atoms with Gasteiger partial charge in [0, 0.05) is 16.6 Å². The third-order valence-electron chi connectivity index (χ3n) is 3.44. The largest absolute Gasteiger partial charge is 0.378 e. The molecule has 0 bridgehead atoms. The van der Waals surface area contributed by atoms with E-state index in [4.69, 9.17) is 11.6 Å². The van der Waals surface area contributed by atoms with Gasteiger partial charge in [0.25, 0.3) is 5.91 Å². The van der Waals surface area contributed by atoms with Gasteiger partial charge < -0.3 is 10.6 Å². The highest BCUT2D eigenvalue weighted by atomic mass is 35.5. The number of nitrogens with zero attached hydrogens (tertiary/aromatic N) is 1. The molecule has 0 atom stereocenters. The van der Waals surface area contributed by atoms with E-state index in [-0.39, 0.29) is 5.91 Å². The summed E-state index contributed by atoms with van der Waals surface area (Å²) < 4.78 is 0.522. The fourth-order valence-electron chi connectivity index (χ4n) is 2.25. The second kappa shape index (κ2) is 7.47. The van der Waals surface area contributed by atoms with Crippen molar-refractivity contribution in [2.24, 2.45) is 0 Å². The first-order chi connectivity index (χ1) is 11.6. The lowest BCUT2D eigenvalue weighted by atomic mass is 10.1. The van der Waals surface area contributed by atoms with Gasteiger partial charge in [0.1, 0.15) is 0 Å². The van der Waals surface area contributed by atoms with Gasteiger partial charge in [-0.05, 0) is 36.8 Å². The molecule has 0 aliphatic carbocycles. The highest BCUT2D eigenvalue weighted by Crippen LogP contribution is 2.26. The molecule has 0 saturated heterocycles. The number of halogens is 1. The summed E-state index contributed by atoms with van der Waals surface area (Å²) >= 11 is 7.29. The molecule has 24 heavy (non-hydrogen) atoms. The van der Waals surface area contributed by atoms with Crippen molar-refractivity contribution in [2.75, 3.05) is 10.6 Å². The fourth-order valence-corrected chi connectivity index (χ4v) is 3.16. The maximum Gasteiger partial charge on any atom is 0.255 e. The first kappa shape index (κ1) is 16.5. The van der Waals surface area contributed by atoms with Crippen LogP contribution in [0.3, 0.4) is 0 Å². The van der Waals surface area contributed by atoms with Gasteiger partial charge in [0.15, 0.2) is 4.47 Å². The van der Waals surface area contributed by atoms with E-state index in [0.29, 0.717) is 16.6 Å². The van der Waals surface area contributed by atoms with Crippen molar-refractivity contribution in [3.63, 3.8) is 0 Å². The molecule has 3 aromatic rings. The SMILES string of the molecule is Cc1ccc(NC(=O)c2ccccc2)c(NCc2cnc(Cl)s2)c1. The summed E-state index contributed by atoms with van der Waals surface area (Å²) in [6.45, 7) is 2.61. The second-order valence-electron chi connectivity index (χ2n) is 5.30. The van der Waals surface area contributed by atoms with Crippen molar-refractivity contribution in [3.05, 3.63) is 75.2 Å². The quantitative estimate of drug-likeness (QED) is 0.677. The number of anilines is 2. The first-order valence-electron chi connectivity index (χ1n) is 7.43. The van der Waals surface area contributed by atoms with E-state index in [1.807, 2.05) is 43.3 Å². The monoisotopic (exact) mass is 357 g/mol. The predicted octanol–water partition coefficient (Wildman–Crippen LogP) is 4.97. The Kier molecular flexibility index (Phi) is 5.13. The van der Waals surface area contributed by atoms with Crippen LogP contribution >= 0.6 is 22.9 Å². The lowest BCUT2D eigenvalue weighted by Crippen LogP contribution is -2.13. The number of nitrogens with one attached hydrogen (secondary N) is 2. The molecular weight excluding hydrogens is 342 g/mol. The Morgan fingerprint density at radius 3 is 2.67 bits per heavy atom. The van der Waals surface area contributed by atoms with Crippen molar-refractivity contribution < 1.29 is 4.79 Å². The molecule has 1 heterocycles. The molecule has 2 aromatic carbocycles. The lowest BCUT2D eigenvalue weighted by molar-refractivity contribution is 0.102. The normalized spacial score (nSPS) is 10.4.